The number of carbonyl (C=O) groups is 1. The van der Waals surface area contributed by atoms with Crippen molar-refractivity contribution in [2.24, 2.45) is 10.9 Å². The van der Waals surface area contributed by atoms with Crippen LogP contribution in [0.5, 0.6) is 0 Å². The molecule has 0 heterocycles. The van der Waals surface area contributed by atoms with Gasteiger partial charge in [-0.3, -0.25) is 9.79 Å². The Kier molecular flexibility index (Phi) is 9.06. The minimum absolute atomic E-state index is 0.125. The molecule has 5 nitrogen and oxygen atoms in total. The van der Waals surface area contributed by atoms with Gasteiger partial charge in [0.2, 0.25) is 5.91 Å². The van der Waals surface area contributed by atoms with Crippen LogP contribution in [-0.2, 0) is 4.79 Å². The minimum Gasteiger partial charge on any atom is -0.357 e. The third-order valence-electron chi connectivity index (χ3n) is 2.45. The quantitative estimate of drug-likeness (QED) is 0.529. The zero-order valence-electron chi connectivity index (χ0n) is 12.4. The first-order chi connectivity index (χ1) is 8.47. The molecule has 2 N–H and O–H groups in total. The lowest BCUT2D eigenvalue weighted by Crippen LogP contribution is -2.39. The standard InChI is InChI=1S/C13H28N4O/c1-6-14-13(15-9-7-11(2)3)16-10-8-12(18)17(4)5/h11H,6-10H2,1-5H3,(H2,14,15,16). The van der Waals surface area contributed by atoms with Gasteiger partial charge in [0, 0.05) is 40.2 Å². The predicted octanol–water partition coefficient (Wildman–Crippen LogP) is 1.07. The Morgan fingerprint density at radius 1 is 1.28 bits per heavy atom. The van der Waals surface area contributed by atoms with Gasteiger partial charge in [-0.25, -0.2) is 0 Å². The second kappa shape index (κ2) is 9.74. The van der Waals surface area contributed by atoms with Crippen LogP contribution in [0, 0.1) is 5.92 Å². The van der Waals surface area contributed by atoms with Crippen LogP contribution in [0.15, 0.2) is 4.99 Å². The van der Waals surface area contributed by atoms with E-state index >= 15 is 0 Å². The summed E-state index contributed by atoms with van der Waals surface area (Å²) in [6.07, 6.45) is 1.56. The number of carbonyl (C=O) groups excluding carboxylic acids is 1. The number of nitrogens with one attached hydrogen (secondary N) is 2. The number of hydrogen-bond acceptors (Lipinski definition) is 2. The largest absolute Gasteiger partial charge is 0.357 e. The van der Waals surface area contributed by atoms with Crippen LogP contribution in [0.3, 0.4) is 0 Å². The second-order valence-corrected chi connectivity index (χ2v) is 4.91. The van der Waals surface area contributed by atoms with Crippen LogP contribution in [0.1, 0.15) is 33.6 Å². The van der Waals surface area contributed by atoms with Gasteiger partial charge in [-0.1, -0.05) is 13.8 Å². The summed E-state index contributed by atoms with van der Waals surface area (Å²) in [6.45, 7) is 8.66. The molecule has 0 aliphatic carbocycles. The first-order valence-corrected chi connectivity index (χ1v) is 6.69. The highest BCUT2D eigenvalue weighted by Crippen LogP contribution is 1.98. The maximum absolute atomic E-state index is 11.4. The Hall–Kier alpha value is -1.26. The zero-order valence-corrected chi connectivity index (χ0v) is 12.4. The second-order valence-electron chi connectivity index (χ2n) is 4.91. The number of aliphatic imine (C=N–C) groups is 1. The van der Waals surface area contributed by atoms with Crippen molar-refractivity contribution >= 4 is 11.9 Å². The van der Waals surface area contributed by atoms with Crippen molar-refractivity contribution in [2.75, 3.05) is 33.7 Å². The van der Waals surface area contributed by atoms with Crippen LogP contribution >= 0.6 is 0 Å². The van der Waals surface area contributed by atoms with E-state index in [1.807, 2.05) is 6.92 Å². The van der Waals surface area contributed by atoms with Gasteiger partial charge in [0.25, 0.3) is 0 Å². The smallest absolute Gasteiger partial charge is 0.223 e. The fourth-order valence-electron chi connectivity index (χ4n) is 1.29. The molecule has 0 saturated carbocycles. The monoisotopic (exact) mass is 256 g/mol. The first kappa shape index (κ1) is 16.7. The lowest BCUT2D eigenvalue weighted by molar-refractivity contribution is -0.128. The van der Waals surface area contributed by atoms with Crippen LogP contribution in [0.4, 0.5) is 0 Å². The molecule has 1 amide bonds. The summed E-state index contributed by atoms with van der Waals surface area (Å²) >= 11 is 0. The molecule has 0 bridgehead atoms. The Morgan fingerprint density at radius 2 is 1.94 bits per heavy atom. The van der Waals surface area contributed by atoms with Gasteiger partial charge in [0.1, 0.15) is 0 Å². The Balaban J connectivity index is 3.99. The van der Waals surface area contributed by atoms with Crippen molar-refractivity contribution < 1.29 is 4.79 Å². The van der Waals surface area contributed by atoms with Gasteiger partial charge in [-0.2, -0.15) is 0 Å². The molecule has 0 aliphatic heterocycles. The Bertz CT molecular complexity index is 262. The van der Waals surface area contributed by atoms with E-state index in [2.05, 4.69) is 29.5 Å². The number of nitrogens with zero attached hydrogens (tertiary/aromatic N) is 2. The van der Waals surface area contributed by atoms with Gasteiger partial charge in [-0.05, 0) is 19.3 Å². The molecule has 0 aromatic rings. The lowest BCUT2D eigenvalue weighted by Gasteiger charge is -2.13. The van der Waals surface area contributed by atoms with Crippen LogP contribution in [-0.4, -0.2) is 50.5 Å². The molecule has 0 atom stereocenters. The summed E-state index contributed by atoms with van der Waals surface area (Å²) in [5.41, 5.74) is 0. The van der Waals surface area contributed by atoms with Crippen molar-refractivity contribution in [1.29, 1.82) is 0 Å². The number of hydrogen-bond donors (Lipinski definition) is 2. The van der Waals surface area contributed by atoms with Gasteiger partial charge in [0.15, 0.2) is 5.96 Å². The summed E-state index contributed by atoms with van der Waals surface area (Å²) in [6, 6.07) is 0. The molecule has 18 heavy (non-hydrogen) atoms. The lowest BCUT2D eigenvalue weighted by atomic mass is 10.1. The normalized spacial score (nSPS) is 11.6. The summed E-state index contributed by atoms with van der Waals surface area (Å²) in [5, 5.41) is 6.34. The van der Waals surface area contributed by atoms with Gasteiger partial charge < -0.3 is 15.5 Å². The molecule has 106 valence electrons. The number of rotatable bonds is 7. The molecule has 0 spiro atoms. The highest BCUT2D eigenvalue weighted by molar-refractivity contribution is 5.81. The summed E-state index contributed by atoms with van der Waals surface area (Å²) in [5.74, 6) is 1.58. The highest BCUT2D eigenvalue weighted by Gasteiger charge is 2.04. The summed E-state index contributed by atoms with van der Waals surface area (Å²) in [7, 11) is 3.54. The van der Waals surface area contributed by atoms with Gasteiger partial charge in [0.05, 0.1) is 0 Å². The third-order valence-corrected chi connectivity index (χ3v) is 2.45. The van der Waals surface area contributed by atoms with Crippen molar-refractivity contribution in [2.45, 2.75) is 33.6 Å². The van der Waals surface area contributed by atoms with Crippen LogP contribution < -0.4 is 10.6 Å². The van der Waals surface area contributed by atoms with Crippen LogP contribution in [0.2, 0.25) is 0 Å². The maximum atomic E-state index is 11.4. The van der Waals surface area contributed by atoms with Crippen LogP contribution in [0.25, 0.3) is 0 Å². The van der Waals surface area contributed by atoms with E-state index in [1.165, 1.54) is 0 Å². The molecule has 0 aromatic heterocycles. The van der Waals surface area contributed by atoms with E-state index in [9.17, 15) is 4.79 Å². The number of guanidine groups is 1. The SMILES string of the molecule is CCNC(=NCCC(C)C)NCCC(=O)N(C)C. The fraction of sp³-hybridized carbons (Fsp3) is 0.846. The van der Waals surface area contributed by atoms with E-state index in [0.717, 1.165) is 25.5 Å². The summed E-state index contributed by atoms with van der Waals surface area (Å²) in [4.78, 5) is 17.5. The molecule has 0 rings (SSSR count). The molecule has 0 radical (unpaired) electrons. The topological polar surface area (TPSA) is 56.7 Å². The molecule has 0 aromatic carbocycles. The predicted molar refractivity (Wildman–Crippen MR) is 76.7 cm³/mol. The van der Waals surface area contributed by atoms with E-state index in [0.29, 0.717) is 18.9 Å². The molecule has 0 fully saturated rings. The average molecular weight is 256 g/mol. The molecule has 0 saturated heterocycles. The average Bonchev–Trinajstić information content (AvgIpc) is 2.28. The van der Waals surface area contributed by atoms with Crippen molar-refractivity contribution in [3.63, 3.8) is 0 Å². The van der Waals surface area contributed by atoms with E-state index in [1.54, 1.807) is 19.0 Å². The number of amides is 1. The summed E-state index contributed by atoms with van der Waals surface area (Å²) < 4.78 is 0. The zero-order chi connectivity index (χ0) is 14.0. The van der Waals surface area contributed by atoms with E-state index in [-0.39, 0.29) is 5.91 Å². The first-order valence-electron chi connectivity index (χ1n) is 6.69. The van der Waals surface area contributed by atoms with Crippen molar-refractivity contribution in [3.8, 4) is 0 Å². The van der Waals surface area contributed by atoms with Crippen molar-refractivity contribution in [1.82, 2.24) is 15.5 Å². The van der Waals surface area contributed by atoms with E-state index < -0.39 is 0 Å². The fourth-order valence-corrected chi connectivity index (χ4v) is 1.29. The molecular weight excluding hydrogens is 228 g/mol. The third kappa shape index (κ3) is 8.84. The highest BCUT2D eigenvalue weighted by atomic mass is 16.2. The Labute approximate surface area is 111 Å². The minimum atomic E-state index is 0.125. The van der Waals surface area contributed by atoms with Crippen molar-refractivity contribution in [3.05, 3.63) is 0 Å². The van der Waals surface area contributed by atoms with Gasteiger partial charge >= 0.3 is 0 Å². The van der Waals surface area contributed by atoms with E-state index in [4.69, 9.17) is 0 Å². The molecule has 0 unspecified atom stereocenters. The Morgan fingerprint density at radius 3 is 2.44 bits per heavy atom. The molecule has 5 heteroatoms. The maximum Gasteiger partial charge on any atom is 0.223 e. The van der Waals surface area contributed by atoms with Gasteiger partial charge in [-0.15, -0.1) is 0 Å². The molecular formula is C13H28N4O. The molecule has 0 aliphatic rings.